The molecule has 4 heterocycles. The van der Waals surface area contributed by atoms with E-state index in [1.807, 2.05) is 24.4 Å². The molecule has 0 N–H and O–H groups in total. The first-order valence-electron chi connectivity index (χ1n) is 11.2. The fourth-order valence-corrected chi connectivity index (χ4v) is 5.98. The van der Waals surface area contributed by atoms with Crippen molar-refractivity contribution < 1.29 is 4.79 Å². The molecule has 1 atom stereocenters. The summed E-state index contributed by atoms with van der Waals surface area (Å²) in [7, 11) is 0. The lowest BCUT2D eigenvalue weighted by atomic mass is 9.96. The van der Waals surface area contributed by atoms with Gasteiger partial charge >= 0.3 is 0 Å². The fraction of sp³-hybridized carbons (Fsp3) is 0.458. The van der Waals surface area contributed by atoms with Gasteiger partial charge in [-0.15, -0.1) is 0 Å². The van der Waals surface area contributed by atoms with Gasteiger partial charge in [-0.2, -0.15) is 0 Å². The lowest BCUT2D eigenvalue weighted by molar-refractivity contribution is -0.136. The van der Waals surface area contributed by atoms with Crippen molar-refractivity contribution >= 4 is 38.4 Å². The Hall–Kier alpha value is -2.67. The van der Waals surface area contributed by atoms with E-state index >= 15 is 0 Å². The van der Waals surface area contributed by atoms with Gasteiger partial charge in [-0.3, -0.25) is 4.79 Å². The van der Waals surface area contributed by atoms with Gasteiger partial charge in [-0.1, -0.05) is 23.5 Å². The number of benzene rings is 1. The summed E-state index contributed by atoms with van der Waals surface area (Å²) >= 11 is 1.76. The highest BCUT2D eigenvalue weighted by atomic mass is 32.1. The Morgan fingerprint density at radius 1 is 1.06 bits per heavy atom. The molecule has 6 nitrogen and oxygen atoms in total. The second-order valence-corrected chi connectivity index (χ2v) is 9.72. The molecule has 2 fully saturated rings. The third-order valence-electron chi connectivity index (χ3n) is 6.42. The normalized spacial score (nSPS) is 19.8. The molecule has 3 aromatic rings. The SMILES string of the molecule is Cc1cc(C)c2nc(N3CCC[C@H](C(=O)N4CCN(c5ccccn5)CC4)C3)sc2c1. The zero-order valence-electron chi connectivity index (χ0n) is 18.3. The van der Waals surface area contributed by atoms with Crippen molar-refractivity contribution in [1.82, 2.24) is 14.9 Å². The van der Waals surface area contributed by atoms with Crippen molar-refractivity contribution in [3.05, 3.63) is 47.7 Å². The molecule has 2 aliphatic heterocycles. The molecular formula is C24H29N5OS. The maximum atomic E-state index is 13.3. The van der Waals surface area contributed by atoms with E-state index in [1.165, 1.54) is 15.8 Å². The molecule has 1 aromatic carbocycles. The zero-order valence-corrected chi connectivity index (χ0v) is 19.1. The van der Waals surface area contributed by atoms with Gasteiger partial charge < -0.3 is 14.7 Å². The maximum absolute atomic E-state index is 13.3. The van der Waals surface area contributed by atoms with Crippen molar-refractivity contribution in [2.24, 2.45) is 5.92 Å². The van der Waals surface area contributed by atoms with Crippen LogP contribution in [0, 0.1) is 19.8 Å². The summed E-state index contributed by atoms with van der Waals surface area (Å²) in [6, 6.07) is 10.4. The highest BCUT2D eigenvalue weighted by molar-refractivity contribution is 7.22. The van der Waals surface area contributed by atoms with Gasteiger partial charge in [-0.05, 0) is 56.0 Å². The van der Waals surface area contributed by atoms with Crippen LogP contribution >= 0.6 is 11.3 Å². The molecule has 2 saturated heterocycles. The molecule has 162 valence electrons. The molecule has 2 aromatic heterocycles. The molecule has 0 saturated carbocycles. The Morgan fingerprint density at radius 2 is 1.90 bits per heavy atom. The minimum Gasteiger partial charge on any atom is -0.353 e. The monoisotopic (exact) mass is 435 g/mol. The van der Waals surface area contributed by atoms with Gasteiger partial charge in [0.25, 0.3) is 0 Å². The molecule has 2 aliphatic rings. The maximum Gasteiger partial charge on any atom is 0.227 e. The number of carbonyl (C=O) groups is 1. The van der Waals surface area contributed by atoms with E-state index < -0.39 is 0 Å². The Balaban J connectivity index is 1.24. The first-order chi connectivity index (χ1) is 15.1. The largest absolute Gasteiger partial charge is 0.353 e. The van der Waals surface area contributed by atoms with Gasteiger partial charge in [0.1, 0.15) is 5.82 Å². The molecule has 0 aliphatic carbocycles. The number of carbonyl (C=O) groups excluding carboxylic acids is 1. The summed E-state index contributed by atoms with van der Waals surface area (Å²) in [5.74, 6) is 1.36. The predicted molar refractivity (Wildman–Crippen MR) is 127 cm³/mol. The highest BCUT2D eigenvalue weighted by Crippen LogP contribution is 2.34. The number of hydrogen-bond donors (Lipinski definition) is 0. The first-order valence-corrected chi connectivity index (χ1v) is 12.0. The first kappa shape index (κ1) is 20.2. The van der Waals surface area contributed by atoms with E-state index in [9.17, 15) is 4.79 Å². The van der Waals surface area contributed by atoms with Crippen LogP contribution in [-0.4, -0.2) is 60.0 Å². The summed E-state index contributed by atoms with van der Waals surface area (Å²) in [4.78, 5) is 29.3. The number of aryl methyl sites for hydroxylation is 2. The molecule has 31 heavy (non-hydrogen) atoms. The summed E-state index contributed by atoms with van der Waals surface area (Å²) in [5.41, 5.74) is 3.61. The van der Waals surface area contributed by atoms with Gasteiger partial charge in [0, 0.05) is 45.5 Å². The summed E-state index contributed by atoms with van der Waals surface area (Å²) < 4.78 is 1.24. The quantitative estimate of drug-likeness (QED) is 0.625. The van der Waals surface area contributed by atoms with Crippen molar-refractivity contribution in [3.63, 3.8) is 0 Å². The molecule has 0 bridgehead atoms. The number of pyridine rings is 1. The predicted octanol–water partition coefficient (Wildman–Crippen LogP) is 3.87. The average Bonchev–Trinajstić information content (AvgIpc) is 3.24. The molecule has 0 spiro atoms. The van der Waals surface area contributed by atoms with Gasteiger partial charge in [0.2, 0.25) is 5.91 Å². The number of rotatable bonds is 3. The minimum atomic E-state index is 0.0602. The van der Waals surface area contributed by atoms with Crippen LogP contribution < -0.4 is 9.80 Å². The molecule has 7 heteroatoms. The van der Waals surface area contributed by atoms with Crippen molar-refractivity contribution in [2.75, 3.05) is 49.1 Å². The van der Waals surface area contributed by atoms with Gasteiger partial charge in [0.15, 0.2) is 5.13 Å². The Morgan fingerprint density at radius 3 is 2.68 bits per heavy atom. The number of piperidine rings is 1. The second-order valence-electron chi connectivity index (χ2n) is 8.71. The van der Waals surface area contributed by atoms with Crippen LogP contribution in [0.25, 0.3) is 10.2 Å². The van der Waals surface area contributed by atoms with Crippen LogP contribution in [0.1, 0.15) is 24.0 Å². The third kappa shape index (κ3) is 4.11. The van der Waals surface area contributed by atoms with Crippen LogP contribution in [0.15, 0.2) is 36.5 Å². The van der Waals surface area contributed by atoms with Crippen LogP contribution in [0.3, 0.4) is 0 Å². The van der Waals surface area contributed by atoms with E-state index in [1.54, 1.807) is 11.3 Å². The summed E-state index contributed by atoms with van der Waals surface area (Å²) in [5, 5.41) is 1.06. The van der Waals surface area contributed by atoms with Crippen molar-refractivity contribution in [2.45, 2.75) is 26.7 Å². The van der Waals surface area contributed by atoms with E-state index in [-0.39, 0.29) is 5.92 Å². The zero-order chi connectivity index (χ0) is 21.4. The number of anilines is 2. The summed E-state index contributed by atoms with van der Waals surface area (Å²) in [6.45, 7) is 9.25. The lowest BCUT2D eigenvalue weighted by Gasteiger charge is -2.39. The number of thiazole rings is 1. The van der Waals surface area contributed by atoms with Gasteiger partial charge in [-0.25, -0.2) is 9.97 Å². The van der Waals surface area contributed by atoms with Crippen LogP contribution in [0.4, 0.5) is 10.9 Å². The van der Waals surface area contributed by atoms with E-state index in [2.05, 4.69) is 45.7 Å². The molecule has 0 radical (unpaired) electrons. The van der Waals surface area contributed by atoms with Crippen LogP contribution in [0.5, 0.6) is 0 Å². The Kier molecular flexibility index (Phi) is 5.52. The van der Waals surface area contributed by atoms with Gasteiger partial charge in [0.05, 0.1) is 16.1 Å². The van der Waals surface area contributed by atoms with E-state index in [0.717, 1.165) is 68.6 Å². The van der Waals surface area contributed by atoms with Crippen molar-refractivity contribution in [1.29, 1.82) is 0 Å². The standard InChI is InChI=1S/C24H29N5OS/c1-17-14-18(2)22-20(15-17)31-24(26-22)29-9-5-6-19(16-29)23(30)28-12-10-27(11-13-28)21-7-3-4-8-25-21/h3-4,7-8,14-15,19H,5-6,9-13,16H2,1-2H3/t19-/m0/s1. The minimum absolute atomic E-state index is 0.0602. The topological polar surface area (TPSA) is 52.6 Å². The smallest absolute Gasteiger partial charge is 0.227 e. The van der Waals surface area contributed by atoms with Crippen LogP contribution in [0.2, 0.25) is 0 Å². The number of fused-ring (bicyclic) bond motifs is 1. The Bertz CT molecular complexity index is 1070. The molecule has 5 rings (SSSR count). The fourth-order valence-electron chi connectivity index (χ4n) is 4.80. The van der Waals surface area contributed by atoms with E-state index in [0.29, 0.717) is 5.91 Å². The molecular weight excluding hydrogens is 406 g/mol. The lowest BCUT2D eigenvalue weighted by Crippen LogP contribution is -2.52. The second kappa shape index (κ2) is 8.46. The third-order valence-corrected chi connectivity index (χ3v) is 7.49. The Labute approximate surface area is 187 Å². The van der Waals surface area contributed by atoms with Crippen molar-refractivity contribution in [3.8, 4) is 0 Å². The summed E-state index contributed by atoms with van der Waals surface area (Å²) in [6.07, 6.45) is 3.84. The molecule has 0 unspecified atom stereocenters. The molecule has 1 amide bonds. The number of piperazine rings is 1. The number of hydrogen-bond acceptors (Lipinski definition) is 6. The number of nitrogens with zero attached hydrogens (tertiary/aromatic N) is 5. The average molecular weight is 436 g/mol. The number of amides is 1. The number of aromatic nitrogens is 2. The van der Waals surface area contributed by atoms with E-state index in [4.69, 9.17) is 4.98 Å². The van der Waals surface area contributed by atoms with Crippen LogP contribution in [-0.2, 0) is 4.79 Å². The highest BCUT2D eigenvalue weighted by Gasteiger charge is 2.32.